The van der Waals surface area contributed by atoms with E-state index in [1.807, 2.05) is 0 Å². The van der Waals surface area contributed by atoms with Crippen LogP contribution in [-0.2, 0) is 20.5 Å². The fraction of sp³-hybridized carbons (Fsp3) is 0.389. The Morgan fingerprint density at radius 2 is 1.93 bits per heavy atom. The summed E-state index contributed by atoms with van der Waals surface area (Å²) in [6.07, 6.45) is -2.28. The number of hydrogen-bond donors (Lipinski definition) is 1. The molecule has 3 amide bonds. The van der Waals surface area contributed by atoms with E-state index in [2.05, 4.69) is 5.32 Å². The van der Waals surface area contributed by atoms with Gasteiger partial charge in [0.25, 0.3) is 0 Å². The summed E-state index contributed by atoms with van der Waals surface area (Å²) in [7, 11) is 0. The second-order valence-electron chi connectivity index (χ2n) is 6.43. The zero-order valence-electron chi connectivity index (χ0n) is 14.7. The highest BCUT2D eigenvalue weighted by atomic mass is 19.4. The number of benzene rings is 1. The van der Waals surface area contributed by atoms with Crippen molar-refractivity contribution in [1.82, 2.24) is 15.1 Å². The highest BCUT2D eigenvalue weighted by Crippen LogP contribution is 2.29. The Morgan fingerprint density at radius 1 is 1.21 bits per heavy atom. The van der Waals surface area contributed by atoms with Crippen LogP contribution in [0.1, 0.15) is 11.1 Å². The van der Waals surface area contributed by atoms with Crippen LogP contribution < -0.4 is 5.32 Å². The number of amides is 3. The van der Waals surface area contributed by atoms with Crippen molar-refractivity contribution in [2.45, 2.75) is 12.2 Å². The van der Waals surface area contributed by atoms with Gasteiger partial charge in [0, 0.05) is 25.7 Å². The van der Waals surface area contributed by atoms with Crippen molar-refractivity contribution in [3.8, 4) is 0 Å². The van der Waals surface area contributed by atoms with Gasteiger partial charge in [0.2, 0.25) is 11.8 Å². The fourth-order valence-electron chi connectivity index (χ4n) is 3.00. The number of cyclic esters (lactones) is 1. The minimum atomic E-state index is -4.41. The van der Waals surface area contributed by atoms with Gasteiger partial charge in [-0.1, -0.05) is 12.1 Å². The summed E-state index contributed by atoms with van der Waals surface area (Å²) in [5.74, 6) is -0.818. The van der Waals surface area contributed by atoms with E-state index < -0.39 is 17.6 Å². The quantitative estimate of drug-likeness (QED) is 0.781. The number of rotatable bonds is 4. The lowest BCUT2D eigenvalue weighted by Gasteiger charge is -2.35. The van der Waals surface area contributed by atoms with Gasteiger partial charge >= 0.3 is 12.3 Å². The Labute approximate surface area is 158 Å². The molecule has 28 heavy (non-hydrogen) atoms. The van der Waals surface area contributed by atoms with Crippen molar-refractivity contribution < 1.29 is 32.3 Å². The third-order valence-electron chi connectivity index (χ3n) is 4.55. The molecule has 150 valence electrons. The monoisotopic (exact) mass is 397 g/mol. The molecule has 2 heterocycles. The second-order valence-corrected chi connectivity index (χ2v) is 6.43. The number of halogens is 3. The predicted molar refractivity (Wildman–Crippen MR) is 91.9 cm³/mol. The number of carbonyl (C=O) groups is 3. The summed E-state index contributed by atoms with van der Waals surface area (Å²) >= 11 is 0. The molecule has 0 bridgehead atoms. The van der Waals surface area contributed by atoms with E-state index in [0.29, 0.717) is 25.2 Å². The number of piperazine rings is 1. The van der Waals surface area contributed by atoms with Crippen LogP contribution in [0.3, 0.4) is 0 Å². The Bertz CT molecular complexity index is 792. The zero-order valence-corrected chi connectivity index (χ0v) is 14.7. The van der Waals surface area contributed by atoms with Crippen LogP contribution in [0.25, 0.3) is 6.08 Å². The molecule has 0 saturated carbocycles. The molecule has 3 rings (SSSR count). The van der Waals surface area contributed by atoms with Crippen molar-refractivity contribution in [3.63, 3.8) is 0 Å². The number of carbonyl (C=O) groups excluding carboxylic acids is 3. The summed E-state index contributed by atoms with van der Waals surface area (Å²) in [6.45, 7) is 1.13. The fourth-order valence-corrected chi connectivity index (χ4v) is 3.00. The second kappa shape index (κ2) is 7.91. The Kier molecular flexibility index (Phi) is 5.57. The third kappa shape index (κ3) is 4.62. The smallest absolute Gasteiger partial charge is 0.416 e. The summed E-state index contributed by atoms with van der Waals surface area (Å²) in [5, 5.41) is 2.45. The lowest BCUT2D eigenvalue weighted by molar-refractivity contribution is -0.137. The molecular weight excluding hydrogens is 379 g/mol. The first-order valence-corrected chi connectivity index (χ1v) is 8.58. The van der Waals surface area contributed by atoms with E-state index in [1.165, 1.54) is 18.2 Å². The minimum Gasteiger partial charge on any atom is -0.447 e. The normalized spacial score (nSPS) is 19.5. The maximum atomic E-state index is 12.5. The van der Waals surface area contributed by atoms with E-state index in [0.717, 1.165) is 18.2 Å². The molecular formula is C18H18F3N3O4. The van der Waals surface area contributed by atoms with Gasteiger partial charge in [-0.25, -0.2) is 4.79 Å². The lowest BCUT2D eigenvalue weighted by Crippen LogP contribution is -2.55. The van der Waals surface area contributed by atoms with Gasteiger partial charge in [-0.3, -0.25) is 14.5 Å². The molecule has 2 aliphatic rings. The van der Waals surface area contributed by atoms with E-state index in [1.54, 1.807) is 9.80 Å². The van der Waals surface area contributed by atoms with Gasteiger partial charge in [0.15, 0.2) is 0 Å². The molecule has 1 N–H and O–H groups in total. The van der Waals surface area contributed by atoms with Gasteiger partial charge in [-0.2, -0.15) is 13.2 Å². The van der Waals surface area contributed by atoms with Gasteiger partial charge in [-0.15, -0.1) is 0 Å². The van der Waals surface area contributed by atoms with E-state index in [4.69, 9.17) is 4.74 Å². The Morgan fingerprint density at radius 3 is 2.61 bits per heavy atom. The van der Waals surface area contributed by atoms with E-state index >= 15 is 0 Å². The molecule has 1 atom stereocenters. The first-order valence-electron chi connectivity index (χ1n) is 8.58. The first-order chi connectivity index (χ1) is 13.2. The molecule has 2 aliphatic heterocycles. The molecule has 0 unspecified atom stereocenters. The Balaban J connectivity index is 1.45. The molecule has 0 spiro atoms. The number of nitrogens with one attached hydrogen (secondary N) is 1. The van der Waals surface area contributed by atoms with Crippen LogP contribution >= 0.6 is 0 Å². The zero-order chi connectivity index (χ0) is 20.3. The van der Waals surface area contributed by atoms with Crippen LogP contribution in [0.15, 0.2) is 30.3 Å². The molecule has 2 saturated heterocycles. The molecule has 0 aliphatic carbocycles. The van der Waals surface area contributed by atoms with E-state index in [-0.39, 0.29) is 31.2 Å². The summed E-state index contributed by atoms with van der Waals surface area (Å²) < 4.78 is 42.5. The Hall–Kier alpha value is -3.04. The molecule has 0 aromatic heterocycles. The lowest BCUT2D eigenvalue weighted by atomic mass is 10.1. The molecule has 7 nitrogen and oxygen atoms in total. The van der Waals surface area contributed by atoms with Gasteiger partial charge in [0.05, 0.1) is 18.2 Å². The summed E-state index contributed by atoms with van der Waals surface area (Å²) in [6, 6.07) is 4.20. The largest absolute Gasteiger partial charge is 0.447 e. The van der Waals surface area contributed by atoms with Crippen molar-refractivity contribution >= 4 is 24.0 Å². The number of fused-ring (bicyclic) bond motifs is 1. The predicted octanol–water partition coefficient (Wildman–Crippen LogP) is 1.50. The number of nitrogens with zero attached hydrogens (tertiary/aromatic N) is 2. The maximum absolute atomic E-state index is 12.5. The van der Waals surface area contributed by atoms with Crippen LogP contribution in [0.2, 0.25) is 0 Å². The summed E-state index contributed by atoms with van der Waals surface area (Å²) in [5.41, 5.74) is -0.342. The van der Waals surface area contributed by atoms with Crippen LogP contribution in [0.4, 0.5) is 18.0 Å². The van der Waals surface area contributed by atoms with Crippen LogP contribution in [0.5, 0.6) is 0 Å². The van der Waals surface area contributed by atoms with Gasteiger partial charge < -0.3 is 15.0 Å². The van der Waals surface area contributed by atoms with Crippen molar-refractivity contribution in [1.29, 1.82) is 0 Å². The van der Waals surface area contributed by atoms with E-state index in [9.17, 15) is 27.6 Å². The summed E-state index contributed by atoms with van der Waals surface area (Å²) in [4.78, 5) is 38.6. The van der Waals surface area contributed by atoms with Crippen molar-refractivity contribution in [3.05, 3.63) is 41.5 Å². The number of hydrogen-bond acceptors (Lipinski definition) is 4. The van der Waals surface area contributed by atoms with Crippen molar-refractivity contribution in [2.24, 2.45) is 0 Å². The van der Waals surface area contributed by atoms with Crippen LogP contribution in [-0.4, -0.2) is 66.5 Å². The average molecular weight is 397 g/mol. The standard InChI is InChI=1S/C18H18F3N3O4/c19-18(20,21)13-4-1-12(2-5-13)3-6-15(25)22-9-16(26)23-7-8-24-14(10-23)11-28-17(24)27/h1-6,14H,7-11H2,(H,22,25)/b6-3+/t14-/m1/s1. The minimum absolute atomic E-state index is 0.166. The molecule has 0 radical (unpaired) electrons. The maximum Gasteiger partial charge on any atom is 0.416 e. The first kappa shape index (κ1) is 19.7. The average Bonchev–Trinajstić information content (AvgIpc) is 3.04. The SMILES string of the molecule is O=C(/C=C/c1ccc(C(F)(F)F)cc1)NCC(=O)N1CCN2C(=O)OC[C@H]2C1. The highest BCUT2D eigenvalue weighted by molar-refractivity contribution is 5.94. The molecule has 1 aromatic carbocycles. The molecule has 2 fully saturated rings. The molecule has 1 aromatic rings. The van der Waals surface area contributed by atoms with Gasteiger partial charge in [0.1, 0.15) is 6.61 Å². The topological polar surface area (TPSA) is 79.0 Å². The van der Waals surface area contributed by atoms with Crippen LogP contribution in [0, 0.1) is 0 Å². The number of ether oxygens (including phenoxy) is 1. The number of alkyl halides is 3. The van der Waals surface area contributed by atoms with Gasteiger partial charge in [-0.05, 0) is 23.8 Å². The molecule has 10 heteroatoms. The third-order valence-corrected chi connectivity index (χ3v) is 4.55. The highest BCUT2D eigenvalue weighted by Gasteiger charge is 2.38. The van der Waals surface area contributed by atoms with Crippen molar-refractivity contribution in [2.75, 3.05) is 32.8 Å².